The largest absolute Gasteiger partial charge is 0.496 e. The van der Waals surface area contributed by atoms with Crippen LogP contribution >= 0.6 is 0 Å². The standard InChI is InChI=1S/C16H21NO3/c1-18-15-9-8-12(10-17-11-16(19-2)20-3)13-6-4-5-7-14(13)15/h4-9,16-17H,10-11H2,1-3H3. The third-order valence-corrected chi connectivity index (χ3v) is 3.35. The van der Waals surface area contributed by atoms with Crippen molar-refractivity contribution < 1.29 is 14.2 Å². The second kappa shape index (κ2) is 7.24. The molecule has 2 aromatic rings. The molecule has 0 amide bonds. The van der Waals surface area contributed by atoms with Crippen LogP contribution in [0, 0.1) is 0 Å². The van der Waals surface area contributed by atoms with E-state index in [2.05, 4.69) is 23.5 Å². The van der Waals surface area contributed by atoms with Gasteiger partial charge in [0.25, 0.3) is 0 Å². The van der Waals surface area contributed by atoms with Crippen LogP contribution in [0.2, 0.25) is 0 Å². The molecule has 0 spiro atoms. The van der Waals surface area contributed by atoms with E-state index in [0.29, 0.717) is 6.54 Å². The van der Waals surface area contributed by atoms with Crippen molar-refractivity contribution in [2.45, 2.75) is 12.8 Å². The van der Waals surface area contributed by atoms with E-state index in [1.165, 1.54) is 10.9 Å². The summed E-state index contributed by atoms with van der Waals surface area (Å²) in [6.45, 7) is 1.40. The molecule has 2 aromatic carbocycles. The Bertz CT molecular complexity index is 552. The van der Waals surface area contributed by atoms with Crippen LogP contribution < -0.4 is 10.1 Å². The van der Waals surface area contributed by atoms with E-state index in [1.54, 1.807) is 21.3 Å². The van der Waals surface area contributed by atoms with Gasteiger partial charge in [0.15, 0.2) is 6.29 Å². The number of hydrogen-bond donors (Lipinski definition) is 1. The minimum atomic E-state index is -0.223. The Kier molecular flexibility index (Phi) is 5.35. The first-order valence-electron chi connectivity index (χ1n) is 6.61. The molecule has 0 unspecified atom stereocenters. The van der Waals surface area contributed by atoms with Crippen LogP contribution in [0.15, 0.2) is 36.4 Å². The van der Waals surface area contributed by atoms with Crippen molar-refractivity contribution in [3.63, 3.8) is 0 Å². The molecule has 20 heavy (non-hydrogen) atoms. The highest BCUT2D eigenvalue weighted by molar-refractivity contribution is 5.91. The molecular weight excluding hydrogens is 254 g/mol. The average molecular weight is 275 g/mol. The number of benzene rings is 2. The number of fused-ring (bicyclic) bond motifs is 1. The number of nitrogens with one attached hydrogen (secondary N) is 1. The van der Waals surface area contributed by atoms with Crippen LogP contribution in [0.1, 0.15) is 5.56 Å². The van der Waals surface area contributed by atoms with Crippen molar-refractivity contribution in [2.24, 2.45) is 0 Å². The van der Waals surface area contributed by atoms with Gasteiger partial charge in [-0.05, 0) is 17.0 Å². The van der Waals surface area contributed by atoms with Crippen LogP contribution in [-0.4, -0.2) is 34.2 Å². The topological polar surface area (TPSA) is 39.7 Å². The van der Waals surface area contributed by atoms with Gasteiger partial charge in [-0.2, -0.15) is 0 Å². The highest BCUT2D eigenvalue weighted by Crippen LogP contribution is 2.28. The summed E-state index contributed by atoms with van der Waals surface area (Å²) < 4.78 is 15.7. The molecule has 0 aliphatic heterocycles. The zero-order valence-electron chi connectivity index (χ0n) is 12.2. The lowest BCUT2D eigenvalue weighted by Gasteiger charge is -2.15. The lowest BCUT2D eigenvalue weighted by atomic mass is 10.0. The van der Waals surface area contributed by atoms with Gasteiger partial charge in [0.1, 0.15) is 5.75 Å². The van der Waals surface area contributed by atoms with Crippen LogP contribution in [0.25, 0.3) is 10.8 Å². The van der Waals surface area contributed by atoms with Gasteiger partial charge in [-0.3, -0.25) is 0 Å². The van der Waals surface area contributed by atoms with Crippen molar-refractivity contribution in [1.82, 2.24) is 5.32 Å². The van der Waals surface area contributed by atoms with Crippen molar-refractivity contribution in [2.75, 3.05) is 27.9 Å². The molecule has 0 radical (unpaired) electrons. The van der Waals surface area contributed by atoms with E-state index in [9.17, 15) is 0 Å². The summed E-state index contributed by atoms with van der Waals surface area (Å²) >= 11 is 0. The molecular formula is C16H21NO3. The first-order valence-corrected chi connectivity index (χ1v) is 6.61. The summed E-state index contributed by atoms with van der Waals surface area (Å²) in [6.07, 6.45) is -0.223. The van der Waals surface area contributed by atoms with Gasteiger partial charge < -0.3 is 19.5 Å². The van der Waals surface area contributed by atoms with Gasteiger partial charge in [-0.15, -0.1) is 0 Å². The Labute approximate surface area is 119 Å². The highest BCUT2D eigenvalue weighted by atomic mass is 16.7. The summed E-state index contributed by atoms with van der Waals surface area (Å²) in [6, 6.07) is 12.3. The van der Waals surface area contributed by atoms with Gasteiger partial charge in [0.05, 0.1) is 7.11 Å². The number of rotatable bonds is 7. The monoisotopic (exact) mass is 275 g/mol. The van der Waals surface area contributed by atoms with Gasteiger partial charge >= 0.3 is 0 Å². The number of methoxy groups -OCH3 is 3. The normalized spacial score (nSPS) is 11.2. The van der Waals surface area contributed by atoms with Gasteiger partial charge in [0, 0.05) is 32.7 Å². The van der Waals surface area contributed by atoms with Crippen molar-refractivity contribution in [3.05, 3.63) is 42.0 Å². The Morgan fingerprint density at radius 1 is 0.950 bits per heavy atom. The Morgan fingerprint density at radius 3 is 2.30 bits per heavy atom. The molecule has 0 bridgehead atoms. The molecule has 0 saturated heterocycles. The maximum atomic E-state index is 5.40. The Hall–Kier alpha value is -1.62. The molecule has 0 aromatic heterocycles. The summed E-state index contributed by atoms with van der Waals surface area (Å²) in [5.41, 5.74) is 1.23. The minimum absolute atomic E-state index is 0.223. The molecule has 0 atom stereocenters. The third kappa shape index (κ3) is 3.28. The molecule has 4 nitrogen and oxygen atoms in total. The predicted molar refractivity (Wildman–Crippen MR) is 80.0 cm³/mol. The molecule has 0 saturated carbocycles. The van der Waals surface area contributed by atoms with Gasteiger partial charge in [0.2, 0.25) is 0 Å². The SMILES string of the molecule is COc1ccc(CNCC(OC)OC)c2ccccc12. The lowest BCUT2D eigenvalue weighted by Crippen LogP contribution is -2.29. The maximum Gasteiger partial charge on any atom is 0.169 e. The quantitative estimate of drug-likeness (QED) is 0.788. The molecule has 1 N–H and O–H groups in total. The predicted octanol–water partition coefficient (Wildman–Crippen LogP) is 2.56. The molecule has 0 heterocycles. The van der Waals surface area contributed by atoms with Crippen LogP contribution in [-0.2, 0) is 16.0 Å². The molecule has 108 valence electrons. The van der Waals surface area contributed by atoms with Crippen LogP contribution in [0.4, 0.5) is 0 Å². The number of hydrogen-bond acceptors (Lipinski definition) is 4. The first kappa shape index (κ1) is 14.8. The van der Waals surface area contributed by atoms with Crippen molar-refractivity contribution in [3.8, 4) is 5.75 Å². The van der Waals surface area contributed by atoms with Crippen LogP contribution in [0.5, 0.6) is 5.75 Å². The molecule has 2 rings (SSSR count). The minimum Gasteiger partial charge on any atom is -0.496 e. The number of ether oxygens (including phenoxy) is 3. The van der Waals surface area contributed by atoms with Crippen molar-refractivity contribution in [1.29, 1.82) is 0 Å². The fourth-order valence-electron chi connectivity index (χ4n) is 2.25. The second-order valence-corrected chi connectivity index (χ2v) is 4.50. The fraction of sp³-hybridized carbons (Fsp3) is 0.375. The zero-order chi connectivity index (χ0) is 14.4. The third-order valence-electron chi connectivity index (χ3n) is 3.35. The van der Waals surface area contributed by atoms with E-state index in [-0.39, 0.29) is 6.29 Å². The smallest absolute Gasteiger partial charge is 0.169 e. The highest BCUT2D eigenvalue weighted by Gasteiger charge is 2.07. The molecule has 0 aliphatic rings. The van der Waals surface area contributed by atoms with Crippen LogP contribution in [0.3, 0.4) is 0 Å². The zero-order valence-corrected chi connectivity index (χ0v) is 12.2. The Balaban J connectivity index is 2.15. The molecule has 4 heteroatoms. The summed E-state index contributed by atoms with van der Waals surface area (Å²) in [5.74, 6) is 0.899. The van der Waals surface area contributed by atoms with E-state index >= 15 is 0 Å². The molecule has 0 aliphatic carbocycles. The Morgan fingerprint density at radius 2 is 1.65 bits per heavy atom. The van der Waals surface area contributed by atoms with Crippen molar-refractivity contribution >= 4 is 10.8 Å². The molecule has 0 fully saturated rings. The average Bonchev–Trinajstić information content (AvgIpc) is 2.51. The summed E-state index contributed by atoms with van der Waals surface area (Å²) in [4.78, 5) is 0. The summed E-state index contributed by atoms with van der Waals surface area (Å²) in [5, 5.41) is 5.67. The van der Waals surface area contributed by atoms with E-state index in [4.69, 9.17) is 14.2 Å². The van der Waals surface area contributed by atoms with E-state index in [1.807, 2.05) is 18.2 Å². The summed E-state index contributed by atoms with van der Waals surface area (Å²) in [7, 11) is 4.97. The first-order chi connectivity index (χ1) is 9.80. The van der Waals surface area contributed by atoms with Gasteiger partial charge in [-0.1, -0.05) is 30.3 Å². The second-order valence-electron chi connectivity index (χ2n) is 4.50. The van der Waals surface area contributed by atoms with E-state index in [0.717, 1.165) is 17.7 Å². The fourth-order valence-corrected chi connectivity index (χ4v) is 2.25. The van der Waals surface area contributed by atoms with E-state index < -0.39 is 0 Å². The maximum absolute atomic E-state index is 5.40. The van der Waals surface area contributed by atoms with Gasteiger partial charge in [-0.25, -0.2) is 0 Å². The lowest BCUT2D eigenvalue weighted by molar-refractivity contribution is -0.0988.